The summed E-state index contributed by atoms with van der Waals surface area (Å²) in [5.41, 5.74) is 3.66. The Morgan fingerprint density at radius 1 is 1.05 bits per heavy atom. The zero-order valence-electron chi connectivity index (χ0n) is 11.9. The number of fused-ring (bicyclic) bond motifs is 1. The third kappa shape index (κ3) is 1.90. The van der Waals surface area contributed by atoms with E-state index in [-0.39, 0.29) is 5.75 Å². The summed E-state index contributed by atoms with van der Waals surface area (Å²) in [6, 6.07) is 15.2. The second-order valence-electron chi connectivity index (χ2n) is 5.09. The zero-order valence-corrected chi connectivity index (χ0v) is 12.7. The third-order valence-corrected chi connectivity index (χ3v) is 4.53. The van der Waals surface area contributed by atoms with E-state index in [1.165, 1.54) is 11.5 Å². The van der Waals surface area contributed by atoms with Crippen LogP contribution in [-0.4, -0.2) is 19.0 Å². The molecule has 0 aliphatic heterocycles. The topological polar surface area (TPSA) is 50.9 Å². The first-order valence-corrected chi connectivity index (χ1v) is 7.70. The number of benzene rings is 2. The van der Waals surface area contributed by atoms with E-state index in [4.69, 9.17) is 4.98 Å². The van der Waals surface area contributed by atoms with Gasteiger partial charge in [-0.3, -0.25) is 4.57 Å². The van der Waals surface area contributed by atoms with Crippen LogP contribution in [-0.2, 0) is 0 Å². The summed E-state index contributed by atoms with van der Waals surface area (Å²) < 4.78 is 6.24. The standard InChI is InChI=1S/C17H13N3OS/c1-11-10-18-22-16(11)17-19-12-6-2-3-7-13(12)20(17)14-8-4-5-9-15(14)21/h2-10,21H,1H3. The maximum Gasteiger partial charge on any atom is 0.157 e. The monoisotopic (exact) mass is 307 g/mol. The Hall–Kier alpha value is -2.66. The lowest BCUT2D eigenvalue weighted by Gasteiger charge is -2.10. The molecule has 4 nitrogen and oxygen atoms in total. The predicted octanol–water partition coefficient (Wildman–Crippen LogP) is 4.16. The van der Waals surface area contributed by atoms with Crippen molar-refractivity contribution >= 4 is 22.6 Å². The van der Waals surface area contributed by atoms with Crippen LogP contribution in [0.15, 0.2) is 54.7 Å². The van der Waals surface area contributed by atoms with E-state index < -0.39 is 0 Å². The molecule has 0 bridgehead atoms. The van der Waals surface area contributed by atoms with Crippen LogP contribution < -0.4 is 0 Å². The van der Waals surface area contributed by atoms with Crippen LogP contribution in [0.5, 0.6) is 5.75 Å². The molecule has 4 rings (SSSR count). The van der Waals surface area contributed by atoms with Crippen LogP contribution in [0.3, 0.4) is 0 Å². The first kappa shape index (κ1) is 13.0. The SMILES string of the molecule is Cc1cnsc1-c1nc2ccccc2n1-c1ccccc1O. The van der Waals surface area contributed by atoms with E-state index in [9.17, 15) is 5.11 Å². The molecule has 4 aromatic rings. The number of hydrogen-bond donors (Lipinski definition) is 1. The van der Waals surface area contributed by atoms with Gasteiger partial charge in [0.2, 0.25) is 0 Å². The van der Waals surface area contributed by atoms with E-state index in [0.29, 0.717) is 0 Å². The molecule has 5 heteroatoms. The number of aromatic nitrogens is 3. The maximum atomic E-state index is 10.3. The molecule has 0 spiro atoms. The fourth-order valence-electron chi connectivity index (χ4n) is 2.58. The number of para-hydroxylation sites is 4. The average Bonchev–Trinajstić information content (AvgIpc) is 3.11. The molecule has 22 heavy (non-hydrogen) atoms. The van der Waals surface area contributed by atoms with Crippen molar-refractivity contribution in [3.05, 3.63) is 60.3 Å². The van der Waals surface area contributed by atoms with Crippen molar-refractivity contribution in [1.82, 2.24) is 13.9 Å². The van der Waals surface area contributed by atoms with Crippen LogP contribution in [0, 0.1) is 6.92 Å². The van der Waals surface area contributed by atoms with Gasteiger partial charge in [0.15, 0.2) is 5.82 Å². The van der Waals surface area contributed by atoms with Gasteiger partial charge in [-0.15, -0.1) is 0 Å². The summed E-state index contributed by atoms with van der Waals surface area (Å²) in [5, 5.41) is 10.3. The van der Waals surface area contributed by atoms with E-state index >= 15 is 0 Å². The summed E-state index contributed by atoms with van der Waals surface area (Å²) in [5.74, 6) is 1.04. The van der Waals surface area contributed by atoms with Crippen LogP contribution in [0.4, 0.5) is 0 Å². The van der Waals surface area contributed by atoms with Gasteiger partial charge in [0.05, 0.1) is 21.6 Å². The van der Waals surface area contributed by atoms with Gasteiger partial charge in [0.25, 0.3) is 0 Å². The summed E-state index contributed by atoms with van der Waals surface area (Å²) in [6.07, 6.45) is 1.84. The van der Waals surface area contributed by atoms with Crippen molar-refractivity contribution in [1.29, 1.82) is 0 Å². The summed E-state index contributed by atoms with van der Waals surface area (Å²) in [6.45, 7) is 2.02. The van der Waals surface area contributed by atoms with Gasteiger partial charge >= 0.3 is 0 Å². The molecule has 0 radical (unpaired) electrons. The summed E-state index contributed by atoms with van der Waals surface area (Å²) >= 11 is 1.42. The number of rotatable bonds is 2. The molecule has 108 valence electrons. The second kappa shape index (κ2) is 4.96. The average molecular weight is 307 g/mol. The molecule has 0 amide bonds. The highest BCUT2D eigenvalue weighted by Crippen LogP contribution is 2.34. The number of phenols is 1. The number of phenolic OH excluding ortho intramolecular Hbond substituents is 1. The van der Waals surface area contributed by atoms with Crippen molar-refractivity contribution in [2.75, 3.05) is 0 Å². The van der Waals surface area contributed by atoms with Crippen molar-refractivity contribution < 1.29 is 5.11 Å². The van der Waals surface area contributed by atoms with Crippen molar-refractivity contribution in [2.45, 2.75) is 6.92 Å². The van der Waals surface area contributed by atoms with Gasteiger partial charge in [-0.25, -0.2) is 9.36 Å². The van der Waals surface area contributed by atoms with E-state index in [1.807, 2.05) is 60.2 Å². The van der Waals surface area contributed by atoms with Crippen molar-refractivity contribution in [3.8, 4) is 22.1 Å². The summed E-state index contributed by atoms with van der Waals surface area (Å²) in [7, 11) is 0. The molecule has 2 heterocycles. The second-order valence-corrected chi connectivity index (χ2v) is 5.89. The molecule has 0 aliphatic rings. The molecule has 0 unspecified atom stereocenters. The Morgan fingerprint density at radius 2 is 1.82 bits per heavy atom. The fraction of sp³-hybridized carbons (Fsp3) is 0.0588. The highest BCUT2D eigenvalue weighted by Gasteiger charge is 2.18. The molecule has 0 fully saturated rings. The van der Waals surface area contributed by atoms with Crippen molar-refractivity contribution in [3.63, 3.8) is 0 Å². The molecular weight excluding hydrogens is 294 g/mol. The highest BCUT2D eigenvalue weighted by molar-refractivity contribution is 7.09. The smallest absolute Gasteiger partial charge is 0.157 e. The normalized spacial score (nSPS) is 11.1. The number of aryl methyl sites for hydroxylation is 1. The van der Waals surface area contributed by atoms with E-state index in [2.05, 4.69) is 4.37 Å². The lowest BCUT2D eigenvalue weighted by molar-refractivity contribution is 0.473. The number of aromatic hydroxyl groups is 1. The zero-order chi connectivity index (χ0) is 15.1. The lowest BCUT2D eigenvalue weighted by Crippen LogP contribution is -1.97. The molecule has 0 saturated carbocycles. The predicted molar refractivity (Wildman–Crippen MR) is 88.6 cm³/mol. The molecule has 2 aromatic carbocycles. The number of hydrogen-bond acceptors (Lipinski definition) is 4. The van der Waals surface area contributed by atoms with Crippen LogP contribution in [0.2, 0.25) is 0 Å². The minimum atomic E-state index is 0.231. The Kier molecular flexibility index (Phi) is 2.94. The molecule has 0 saturated heterocycles. The molecular formula is C17H13N3OS. The molecule has 2 aromatic heterocycles. The maximum absolute atomic E-state index is 10.3. The molecule has 1 N–H and O–H groups in total. The Balaban J connectivity index is 2.12. The Bertz CT molecular complexity index is 971. The van der Waals surface area contributed by atoms with Crippen LogP contribution >= 0.6 is 11.5 Å². The first-order valence-electron chi connectivity index (χ1n) is 6.93. The van der Waals surface area contributed by atoms with E-state index in [0.717, 1.165) is 33.0 Å². The minimum Gasteiger partial charge on any atom is -0.506 e. The van der Waals surface area contributed by atoms with Gasteiger partial charge in [-0.1, -0.05) is 24.3 Å². The lowest BCUT2D eigenvalue weighted by atomic mass is 10.2. The fourth-order valence-corrected chi connectivity index (χ4v) is 3.31. The van der Waals surface area contributed by atoms with Crippen LogP contribution in [0.25, 0.3) is 27.4 Å². The number of imidazole rings is 1. The minimum absolute atomic E-state index is 0.231. The van der Waals surface area contributed by atoms with Gasteiger partial charge in [-0.05, 0) is 48.3 Å². The first-order chi connectivity index (χ1) is 10.8. The summed E-state index contributed by atoms with van der Waals surface area (Å²) in [4.78, 5) is 5.77. The Morgan fingerprint density at radius 3 is 2.59 bits per heavy atom. The third-order valence-electron chi connectivity index (χ3n) is 3.64. The Labute approximate surface area is 131 Å². The largest absolute Gasteiger partial charge is 0.506 e. The number of nitrogens with zero attached hydrogens (tertiary/aromatic N) is 3. The quantitative estimate of drug-likeness (QED) is 0.605. The van der Waals surface area contributed by atoms with Gasteiger partial charge in [0, 0.05) is 6.20 Å². The highest BCUT2D eigenvalue weighted by atomic mass is 32.1. The van der Waals surface area contributed by atoms with E-state index in [1.54, 1.807) is 6.07 Å². The molecule has 0 aliphatic carbocycles. The molecule has 0 atom stereocenters. The van der Waals surface area contributed by atoms with Gasteiger partial charge < -0.3 is 5.11 Å². The van der Waals surface area contributed by atoms with Crippen molar-refractivity contribution in [2.24, 2.45) is 0 Å². The van der Waals surface area contributed by atoms with Crippen LogP contribution in [0.1, 0.15) is 5.56 Å². The van der Waals surface area contributed by atoms with Gasteiger partial charge in [-0.2, -0.15) is 0 Å². The van der Waals surface area contributed by atoms with Gasteiger partial charge in [0.1, 0.15) is 5.75 Å².